The number of nitrogen functional groups attached to an aromatic ring is 1. The van der Waals surface area contributed by atoms with Crippen LogP contribution in [-0.2, 0) is 26.2 Å². The molecule has 15 heteroatoms. The smallest absolute Gasteiger partial charge is 0.260 e. The maximum Gasteiger partial charge on any atom is 0.260 e. The number of hydrogen-bond acceptors (Lipinski definition) is 8. The van der Waals surface area contributed by atoms with E-state index in [1.54, 1.807) is 35.2 Å². The number of piperidine rings is 1. The van der Waals surface area contributed by atoms with E-state index in [2.05, 4.69) is 10.3 Å². The number of hydrogen-bond donors (Lipinski definition) is 3. The number of sulfonamides is 1. The Balaban J connectivity index is 1.06. The van der Waals surface area contributed by atoms with Gasteiger partial charge in [0.15, 0.2) is 6.61 Å². The van der Waals surface area contributed by atoms with Gasteiger partial charge >= 0.3 is 0 Å². The topological polar surface area (TPSA) is 168 Å². The molecule has 12 nitrogen and oxygen atoms in total. The van der Waals surface area contributed by atoms with Crippen LogP contribution in [0.25, 0.3) is 10.9 Å². The van der Waals surface area contributed by atoms with Gasteiger partial charge in [-0.3, -0.25) is 15.0 Å². The molecule has 51 heavy (non-hydrogen) atoms. The van der Waals surface area contributed by atoms with Gasteiger partial charge in [-0.05, 0) is 81.1 Å². The average Bonchev–Trinajstić information content (AvgIpc) is 3.63. The minimum absolute atomic E-state index is 0.0533. The van der Waals surface area contributed by atoms with E-state index in [0.717, 1.165) is 11.1 Å². The number of nitrogens with zero attached hydrogens (tertiary/aromatic N) is 3. The van der Waals surface area contributed by atoms with Crippen LogP contribution in [0.5, 0.6) is 11.5 Å². The van der Waals surface area contributed by atoms with Crippen molar-refractivity contribution < 1.29 is 27.5 Å². The second-order valence-corrected chi connectivity index (χ2v) is 15.2. The number of benzene rings is 3. The number of nitrogens with one attached hydrogen (secondary N) is 2. The van der Waals surface area contributed by atoms with Crippen molar-refractivity contribution in [2.24, 2.45) is 5.73 Å². The number of amidine groups is 1. The summed E-state index contributed by atoms with van der Waals surface area (Å²) in [4.78, 5) is 32.4. The first-order chi connectivity index (χ1) is 24.4. The lowest BCUT2D eigenvalue weighted by Crippen LogP contribution is -2.52. The van der Waals surface area contributed by atoms with E-state index >= 15 is 0 Å². The van der Waals surface area contributed by atoms with E-state index < -0.39 is 16.1 Å². The van der Waals surface area contributed by atoms with Gasteiger partial charge in [-0.15, -0.1) is 0 Å². The minimum Gasteiger partial charge on any atom is -0.487 e. The molecule has 0 spiro atoms. The minimum atomic E-state index is -4.19. The third-order valence-corrected chi connectivity index (χ3v) is 12.0. The van der Waals surface area contributed by atoms with E-state index in [4.69, 9.17) is 43.8 Å². The number of pyridine rings is 1. The monoisotopic (exact) mass is 752 g/mol. The average molecular weight is 754 g/mol. The molecule has 1 atom stereocenters. The number of halogens is 2. The highest BCUT2D eigenvalue weighted by Crippen LogP contribution is 2.36. The molecule has 2 aliphatic heterocycles. The predicted molar refractivity (Wildman–Crippen MR) is 195 cm³/mol. The number of rotatable bonds is 11. The lowest BCUT2D eigenvalue weighted by Gasteiger charge is -2.33. The fourth-order valence-electron chi connectivity index (χ4n) is 6.35. The van der Waals surface area contributed by atoms with Crippen LogP contribution in [0.15, 0.2) is 71.6 Å². The van der Waals surface area contributed by atoms with Crippen LogP contribution >= 0.6 is 23.2 Å². The molecule has 268 valence electrons. The van der Waals surface area contributed by atoms with Gasteiger partial charge in [-0.25, -0.2) is 13.4 Å². The fraction of sp³-hybridized carbons (Fsp3) is 0.333. The molecule has 0 bridgehead atoms. The summed E-state index contributed by atoms with van der Waals surface area (Å²) in [6.45, 7) is 2.64. The summed E-state index contributed by atoms with van der Waals surface area (Å²) in [5.41, 5.74) is 7.84. The van der Waals surface area contributed by atoms with Crippen LogP contribution in [0.1, 0.15) is 42.5 Å². The first-order valence-electron chi connectivity index (χ1n) is 16.6. The lowest BCUT2D eigenvalue weighted by molar-refractivity contribution is -0.134. The van der Waals surface area contributed by atoms with Gasteiger partial charge in [0.2, 0.25) is 15.9 Å². The molecule has 3 heterocycles. The summed E-state index contributed by atoms with van der Waals surface area (Å²) in [6, 6.07) is 17.7. The largest absolute Gasteiger partial charge is 0.487 e. The molecule has 1 aromatic heterocycles. The van der Waals surface area contributed by atoms with Gasteiger partial charge in [-0.2, -0.15) is 4.31 Å². The Morgan fingerprint density at radius 2 is 1.73 bits per heavy atom. The third kappa shape index (κ3) is 8.06. The SMILES string of the molecule is Cc1ccc2cccc(OCc3c(Cl)ccc(S(=O)(=O)N4CCC[C@H]4C(=O)NC4CCN(C(=O)COc5ccc(C(=N)N)cc5)CC4)c3Cl)c2n1. The van der Waals surface area contributed by atoms with Crippen molar-refractivity contribution >= 4 is 61.8 Å². The van der Waals surface area contributed by atoms with Gasteiger partial charge < -0.3 is 25.4 Å². The number of amides is 2. The zero-order valence-corrected chi connectivity index (χ0v) is 30.2. The van der Waals surface area contributed by atoms with Crippen molar-refractivity contribution in [1.29, 1.82) is 5.41 Å². The molecule has 6 rings (SSSR count). The summed E-state index contributed by atoms with van der Waals surface area (Å²) in [7, 11) is -4.19. The number of para-hydroxylation sites is 1. The van der Waals surface area contributed by atoms with Crippen molar-refractivity contribution in [3.05, 3.63) is 93.6 Å². The standard InChI is InChI=1S/C36H38Cl2N6O6S/c1-22-7-8-23-4-2-6-30(34(23)41-22)50-20-27-28(37)13-14-31(33(27)38)51(47,48)44-17-3-5-29(44)36(46)42-25-15-18-43(19-16-25)32(45)21-49-26-11-9-24(10-12-26)35(39)40/h2,4,6-14,25,29H,3,5,15-21H2,1H3,(H3,39,40)(H,42,46)/t29-/m0/s1. The highest BCUT2D eigenvalue weighted by Gasteiger charge is 2.41. The summed E-state index contributed by atoms with van der Waals surface area (Å²) < 4.78 is 41.0. The van der Waals surface area contributed by atoms with Crippen LogP contribution < -0.4 is 20.5 Å². The molecule has 4 aromatic rings. The Hall–Kier alpha value is -4.43. The van der Waals surface area contributed by atoms with Gasteiger partial charge in [0.05, 0.1) is 5.02 Å². The molecule has 2 fully saturated rings. The number of ether oxygens (including phenoxy) is 2. The van der Waals surface area contributed by atoms with Gasteiger partial charge in [-0.1, -0.05) is 41.4 Å². The number of fused-ring (bicyclic) bond motifs is 1. The molecule has 3 aromatic carbocycles. The molecular formula is C36H38Cl2N6O6S. The van der Waals surface area contributed by atoms with Gasteiger partial charge in [0.1, 0.15) is 40.4 Å². The normalized spacial score (nSPS) is 17.0. The molecular weight excluding hydrogens is 715 g/mol. The van der Waals surface area contributed by atoms with Crippen LogP contribution in [0.3, 0.4) is 0 Å². The number of aryl methyl sites for hydroxylation is 1. The lowest BCUT2D eigenvalue weighted by atomic mass is 10.0. The second-order valence-electron chi connectivity index (χ2n) is 12.6. The van der Waals surface area contributed by atoms with Gasteiger partial charge in [0, 0.05) is 52.9 Å². The maximum absolute atomic E-state index is 14.0. The van der Waals surface area contributed by atoms with Crippen molar-refractivity contribution in [1.82, 2.24) is 19.5 Å². The zero-order valence-electron chi connectivity index (χ0n) is 27.9. The summed E-state index contributed by atoms with van der Waals surface area (Å²) in [5, 5.41) is 11.6. The Kier molecular flexibility index (Phi) is 11.0. The van der Waals surface area contributed by atoms with Crippen molar-refractivity contribution in [3.8, 4) is 11.5 Å². The van der Waals surface area contributed by atoms with Crippen molar-refractivity contribution in [2.75, 3.05) is 26.2 Å². The molecule has 2 amide bonds. The molecule has 2 saturated heterocycles. The van der Waals surface area contributed by atoms with E-state index in [0.29, 0.717) is 66.9 Å². The number of aromatic nitrogens is 1. The van der Waals surface area contributed by atoms with Crippen LogP contribution in [0.4, 0.5) is 0 Å². The summed E-state index contributed by atoms with van der Waals surface area (Å²) in [5.74, 6) is 0.378. The highest BCUT2D eigenvalue weighted by atomic mass is 35.5. The first kappa shape index (κ1) is 36.4. The second kappa shape index (κ2) is 15.4. The Bertz CT molecular complexity index is 2070. The van der Waals surface area contributed by atoms with Crippen LogP contribution in [0, 0.1) is 12.3 Å². The van der Waals surface area contributed by atoms with Crippen molar-refractivity contribution in [2.45, 2.75) is 56.2 Å². The van der Waals surface area contributed by atoms with E-state index in [9.17, 15) is 18.0 Å². The summed E-state index contributed by atoms with van der Waals surface area (Å²) >= 11 is 13.2. The van der Waals surface area contributed by atoms with Crippen LogP contribution in [-0.4, -0.2) is 78.6 Å². The first-order valence-corrected chi connectivity index (χ1v) is 18.8. The summed E-state index contributed by atoms with van der Waals surface area (Å²) in [6.07, 6.45) is 1.91. The molecule has 0 aliphatic carbocycles. The van der Waals surface area contributed by atoms with E-state index in [1.165, 1.54) is 16.4 Å². The van der Waals surface area contributed by atoms with Crippen LogP contribution in [0.2, 0.25) is 10.0 Å². The van der Waals surface area contributed by atoms with Gasteiger partial charge in [0.25, 0.3) is 5.91 Å². The molecule has 0 saturated carbocycles. The number of carbonyl (C=O) groups excluding carboxylic acids is 2. The quantitative estimate of drug-likeness (QED) is 0.141. The molecule has 4 N–H and O–H groups in total. The molecule has 0 radical (unpaired) electrons. The number of nitrogens with two attached hydrogens (primary N) is 1. The Labute approximate surface area is 306 Å². The molecule has 2 aliphatic rings. The zero-order chi connectivity index (χ0) is 36.3. The van der Waals surface area contributed by atoms with E-state index in [1.807, 2.05) is 31.2 Å². The number of carbonyl (C=O) groups is 2. The van der Waals surface area contributed by atoms with E-state index in [-0.39, 0.29) is 58.4 Å². The highest BCUT2D eigenvalue weighted by molar-refractivity contribution is 7.89. The molecule has 0 unspecified atom stereocenters. The predicted octanol–water partition coefficient (Wildman–Crippen LogP) is 5.05. The third-order valence-electron chi connectivity index (χ3n) is 9.16. The Morgan fingerprint density at radius 3 is 2.45 bits per heavy atom. The van der Waals surface area contributed by atoms with Crippen molar-refractivity contribution in [3.63, 3.8) is 0 Å². The number of likely N-dealkylation sites (tertiary alicyclic amines) is 1. The fourth-order valence-corrected chi connectivity index (χ4v) is 8.87. The maximum atomic E-state index is 14.0. The Morgan fingerprint density at radius 1 is 0.980 bits per heavy atom.